The molecule has 0 unspecified atom stereocenters. The van der Waals surface area contributed by atoms with Crippen molar-refractivity contribution in [2.45, 2.75) is 0 Å². The highest BCUT2D eigenvalue weighted by atomic mass is 35.5. The highest BCUT2D eigenvalue weighted by molar-refractivity contribution is 8.14. The average Bonchev–Trinajstić information content (AvgIpc) is 3.31. The van der Waals surface area contributed by atoms with Crippen molar-refractivity contribution in [3.63, 3.8) is 0 Å². The summed E-state index contributed by atoms with van der Waals surface area (Å²) in [7, 11) is 1.66. The lowest BCUT2D eigenvalue weighted by Crippen LogP contribution is -2.31. The molecule has 3 aromatic rings. The van der Waals surface area contributed by atoms with Gasteiger partial charge in [-0.15, -0.1) is 0 Å². The fourth-order valence-electron chi connectivity index (χ4n) is 2.76. The number of anilines is 1. The van der Waals surface area contributed by atoms with Crippen LogP contribution < -0.4 is 14.7 Å². The van der Waals surface area contributed by atoms with Gasteiger partial charge in [0.2, 0.25) is 0 Å². The van der Waals surface area contributed by atoms with Crippen LogP contribution >= 0.6 is 23.4 Å². The first-order valence-electron chi connectivity index (χ1n) is 9.15. The van der Waals surface area contributed by atoms with Crippen LogP contribution in [0, 0.1) is 0 Å². The van der Waals surface area contributed by atoms with E-state index in [0.717, 1.165) is 17.3 Å². The molecule has 10 heteroatoms. The number of hydrogen-bond acceptors (Lipinski definition) is 7. The molecule has 2 aromatic carbocycles. The second-order valence-corrected chi connectivity index (χ2v) is 7.84. The van der Waals surface area contributed by atoms with Crippen LogP contribution in [0.1, 0.15) is 5.56 Å². The Bertz CT molecular complexity index is 1190. The third kappa shape index (κ3) is 5.01. The van der Waals surface area contributed by atoms with Crippen LogP contribution in [-0.4, -0.2) is 28.0 Å². The number of amidine groups is 1. The lowest BCUT2D eigenvalue weighted by Gasteiger charge is -2.18. The molecule has 4 rings (SSSR count). The zero-order chi connectivity index (χ0) is 21.8. The van der Waals surface area contributed by atoms with Crippen LogP contribution in [0.2, 0.25) is 5.02 Å². The van der Waals surface area contributed by atoms with Crippen LogP contribution in [0.15, 0.2) is 81.0 Å². The van der Waals surface area contributed by atoms with Crippen molar-refractivity contribution in [1.82, 2.24) is 5.27 Å². The molecule has 1 amide bonds. The molecule has 2 heterocycles. The second-order valence-electron chi connectivity index (χ2n) is 6.46. The predicted molar refractivity (Wildman–Crippen MR) is 118 cm³/mol. The van der Waals surface area contributed by atoms with E-state index in [-0.39, 0.29) is 23.2 Å². The van der Waals surface area contributed by atoms with E-state index in [0.29, 0.717) is 15.9 Å². The van der Waals surface area contributed by atoms with Crippen LogP contribution in [0.5, 0.6) is 0 Å². The zero-order valence-electron chi connectivity index (χ0n) is 16.3. The molecule has 0 aliphatic carbocycles. The van der Waals surface area contributed by atoms with Crippen LogP contribution in [-0.2, 0) is 11.8 Å². The number of aromatic nitrogens is 2. The molecule has 1 aliphatic rings. The van der Waals surface area contributed by atoms with E-state index in [4.69, 9.17) is 16.1 Å². The minimum atomic E-state index is -0.431. The number of benzene rings is 2. The first kappa shape index (κ1) is 20.8. The molecule has 0 fully saturated rings. The van der Waals surface area contributed by atoms with Gasteiger partial charge in [-0.25, -0.2) is 9.98 Å². The molecule has 0 N–H and O–H groups in total. The number of carbonyl (C=O) groups is 1. The molecule has 31 heavy (non-hydrogen) atoms. The zero-order valence-corrected chi connectivity index (χ0v) is 17.9. The van der Waals surface area contributed by atoms with E-state index in [1.807, 2.05) is 18.2 Å². The van der Waals surface area contributed by atoms with Crippen molar-refractivity contribution in [2.24, 2.45) is 17.0 Å². The highest BCUT2D eigenvalue weighted by Crippen LogP contribution is 2.29. The summed E-state index contributed by atoms with van der Waals surface area (Å²) in [5.41, 5.74) is 1.71. The van der Waals surface area contributed by atoms with E-state index in [1.54, 1.807) is 49.5 Å². The van der Waals surface area contributed by atoms with E-state index >= 15 is 0 Å². The number of nitrogens with zero attached hydrogens (tertiary/aromatic N) is 5. The van der Waals surface area contributed by atoms with Gasteiger partial charge in [-0.05, 0) is 41.8 Å². The van der Waals surface area contributed by atoms with Crippen LogP contribution in [0.4, 0.5) is 11.6 Å². The number of aryl methyl sites for hydroxylation is 1. The Kier molecular flexibility index (Phi) is 6.15. The standard InChI is InChI=1S/C21H16ClN5O3S/c1-26-12-19(30-25-26)24-18(28)13-31-21-23-17(11-14-7-9-15(22)10-8-14)20(29)27(21)16-5-3-2-4-6-16/h2-12H,13H2,1H3/b17-11+. The van der Waals surface area contributed by atoms with E-state index in [2.05, 4.69) is 15.3 Å². The fourth-order valence-corrected chi connectivity index (χ4v) is 3.68. The molecule has 1 aliphatic heterocycles. The molecule has 0 spiro atoms. The molecular weight excluding hydrogens is 438 g/mol. The smallest absolute Gasteiger partial charge is 0.320 e. The lowest BCUT2D eigenvalue weighted by molar-refractivity contribution is -0.739. The van der Waals surface area contributed by atoms with Crippen LogP contribution in [0.3, 0.4) is 0 Å². The van der Waals surface area contributed by atoms with Gasteiger partial charge in [0.05, 0.1) is 5.69 Å². The number of aliphatic imine (C=N–C) groups is 2. The quantitative estimate of drug-likeness (QED) is 0.256. The summed E-state index contributed by atoms with van der Waals surface area (Å²) in [6.07, 6.45) is 3.17. The molecule has 8 nitrogen and oxygen atoms in total. The lowest BCUT2D eigenvalue weighted by atomic mass is 10.2. The van der Waals surface area contributed by atoms with Crippen molar-refractivity contribution in [3.8, 4) is 0 Å². The van der Waals surface area contributed by atoms with Gasteiger partial charge >= 0.3 is 5.88 Å². The normalized spacial score (nSPS) is 15.6. The van der Waals surface area contributed by atoms with Crippen molar-refractivity contribution in [3.05, 3.63) is 77.1 Å². The topological polar surface area (TPSA) is 98.0 Å². The third-order valence-corrected chi connectivity index (χ3v) is 5.31. The first-order chi connectivity index (χ1) is 15.0. The maximum Gasteiger partial charge on any atom is 0.320 e. The van der Waals surface area contributed by atoms with Crippen molar-refractivity contribution in [2.75, 3.05) is 10.7 Å². The van der Waals surface area contributed by atoms with Crippen LogP contribution in [0.25, 0.3) is 6.08 Å². The summed E-state index contributed by atoms with van der Waals surface area (Å²) in [6.45, 7) is 0. The summed E-state index contributed by atoms with van der Waals surface area (Å²) in [4.78, 5) is 22.9. The SMILES string of the molecule is C[n+]1cc(/N=C(\[O-])CSC2=N/C(=C/c3ccc(Cl)cc3)C(=O)N2c2ccccc2)on1. The van der Waals surface area contributed by atoms with Gasteiger partial charge in [0.25, 0.3) is 12.1 Å². The molecule has 0 atom stereocenters. The number of para-hydroxylation sites is 1. The van der Waals surface area contributed by atoms with Gasteiger partial charge in [0.15, 0.2) is 17.5 Å². The Morgan fingerprint density at radius 1 is 1.26 bits per heavy atom. The fraction of sp³-hybridized carbons (Fsp3) is 0.0952. The number of rotatable bonds is 5. The predicted octanol–water partition coefficient (Wildman–Crippen LogP) is 2.72. The van der Waals surface area contributed by atoms with Gasteiger partial charge in [0, 0.05) is 10.8 Å². The minimum absolute atomic E-state index is 0.0198. The minimum Gasteiger partial charge on any atom is -0.861 e. The molecule has 156 valence electrons. The van der Waals surface area contributed by atoms with E-state index in [9.17, 15) is 9.90 Å². The van der Waals surface area contributed by atoms with E-state index in [1.165, 1.54) is 15.8 Å². The van der Waals surface area contributed by atoms with Gasteiger partial charge in [-0.1, -0.05) is 58.4 Å². The van der Waals surface area contributed by atoms with E-state index < -0.39 is 5.90 Å². The molecule has 0 saturated carbocycles. The third-order valence-electron chi connectivity index (χ3n) is 4.14. The average molecular weight is 454 g/mol. The summed E-state index contributed by atoms with van der Waals surface area (Å²) >= 11 is 7.06. The number of thioether (sulfide) groups is 1. The van der Waals surface area contributed by atoms with Gasteiger partial charge in [-0.3, -0.25) is 14.2 Å². The maximum atomic E-state index is 13.1. The Hall–Kier alpha value is -3.43. The Morgan fingerprint density at radius 2 is 2.00 bits per heavy atom. The van der Waals surface area contributed by atoms with Crippen molar-refractivity contribution in [1.29, 1.82) is 0 Å². The molecule has 0 radical (unpaired) electrons. The number of carbonyl (C=O) groups excluding carboxylic acids is 1. The Morgan fingerprint density at radius 3 is 2.68 bits per heavy atom. The molecule has 0 saturated heterocycles. The summed E-state index contributed by atoms with van der Waals surface area (Å²) in [5, 5.41) is 16.9. The monoisotopic (exact) mass is 453 g/mol. The Labute approximate surface area is 187 Å². The second kappa shape index (κ2) is 9.15. The summed E-state index contributed by atoms with van der Waals surface area (Å²) in [6, 6.07) is 16.2. The van der Waals surface area contributed by atoms with Gasteiger partial charge in [0.1, 0.15) is 5.70 Å². The van der Waals surface area contributed by atoms with Gasteiger partial charge in [-0.2, -0.15) is 0 Å². The summed E-state index contributed by atoms with van der Waals surface area (Å²) in [5.74, 6) is -0.621. The highest BCUT2D eigenvalue weighted by Gasteiger charge is 2.31. The van der Waals surface area contributed by atoms with Crippen molar-refractivity contribution >= 4 is 58.0 Å². The Balaban J connectivity index is 1.60. The molecule has 1 aromatic heterocycles. The maximum absolute atomic E-state index is 13.1. The summed E-state index contributed by atoms with van der Waals surface area (Å²) < 4.78 is 6.32. The molecular formula is C21H16ClN5O3S. The number of halogens is 1. The number of hydrogen-bond donors (Lipinski definition) is 0. The molecule has 0 bridgehead atoms. The number of amides is 1. The van der Waals surface area contributed by atoms with Crippen molar-refractivity contribution < 1.29 is 19.1 Å². The van der Waals surface area contributed by atoms with Gasteiger partial charge < -0.3 is 5.11 Å². The first-order valence-corrected chi connectivity index (χ1v) is 10.5. The largest absolute Gasteiger partial charge is 0.861 e.